The molecule has 0 aliphatic heterocycles. The van der Waals surface area contributed by atoms with Crippen LogP contribution in [0.3, 0.4) is 0 Å². The molecule has 1 N–H and O–H groups in total. The lowest BCUT2D eigenvalue weighted by molar-refractivity contribution is -0.582. The molecule has 6 heteroatoms. The van der Waals surface area contributed by atoms with E-state index in [9.17, 15) is 0 Å². The number of hydrogen-bond acceptors (Lipinski definition) is 0. The summed E-state index contributed by atoms with van der Waals surface area (Å²) in [7, 11) is 0. The molecule has 0 bridgehead atoms. The first-order valence-electron chi connectivity index (χ1n) is 6.07. The fraction of sp³-hybridized carbons (Fsp3) is 0. The van der Waals surface area contributed by atoms with Gasteiger partial charge >= 0.3 is 0 Å². The highest BCUT2D eigenvalue weighted by molar-refractivity contribution is 6.39. The van der Waals surface area contributed by atoms with Gasteiger partial charge in [0.15, 0.2) is 5.69 Å². The predicted molar refractivity (Wildman–Crippen MR) is 87.8 cm³/mol. The quantitative estimate of drug-likeness (QED) is 0.577. The highest BCUT2D eigenvalue weighted by Crippen LogP contribution is 2.33. The molecular formula is C15H9Cl4N2+. The monoisotopic (exact) mass is 357 g/mol. The summed E-state index contributed by atoms with van der Waals surface area (Å²) in [6.45, 7) is 0. The molecule has 21 heavy (non-hydrogen) atoms. The number of nitrogens with one attached hydrogen (secondary N) is 1. The van der Waals surface area contributed by atoms with Crippen molar-refractivity contribution in [2.75, 3.05) is 0 Å². The Balaban J connectivity index is 2.28. The van der Waals surface area contributed by atoms with Gasteiger partial charge < -0.3 is 0 Å². The summed E-state index contributed by atoms with van der Waals surface area (Å²) < 4.78 is 1.83. The number of aromatic amines is 1. The molecule has 0 fully saturated rings. The highest BCUT2D eigenvalue weighted by Gasteiger charge is 2.24. The molecule has 0 aliphatic rings. The molecule has 1 aromatic heterocycles. The fourth-order valence-electron chi connectivity index (χ4n) is 2.16. The zero-order chi connectivity index (χ0) is 15.0. The van der Waals surface area contributed by atoms with Crippen LogP contribution in [0, 0.1) is 0 Å². The highest BCUT2D eigenvalue weighted by atomic mass is 35.5. The molecule has 0 aliphatic carbocycles. The Bertz CT molecular complexity index is 705. The van der Waals surface area contributed by atoms with Gasteiger partial charge in [-0.3, -0.25) is 0 Å². The van der Waals surface area contributed by atoms with Gasteiger partial charge in [-0.1, -0.05) is 58.5 Å². The van der Waals surface area contributed by atoms with E-state index in [1.54, 1.807) is 42.6 Å². The van der Waals surface area contributed by atoms with Gasteiger partial charge in [0.1, 0.15) is 18.0 Å². The van der Waals surface area contributed by atoms with Crippen LogP contribution in [-0.4, -0.2) is 4.98 Å². The SMILES string of the molecule is Clc1cccc(Cl)c1-c1[nH]cc[n+]1-c1c(Cl)cccc1Cl. The number of rotatable bonds is 2. The van der Waals surface area contributed by atoms with Crippen molar-refractivity contribution in [3.8, 4) is 17.1 Å². The molecule has 0 amide bonds. The van der Waals surface area contributed by atoms with Crippen LogP contribution in [-0.2, 0) is 0 Å². The number of H-pyrrole nitrogens is 1. The van der Waals surface area contributed by atoms with Gasteiger partial charge in [-0.2, -0.15) is 4.57 Å². The maximum absolute atomic E-state index is 6.28. The molecule has 1 heterocycles. The van der Waals surface area contributed by atoms with Crippen molar-refractivity contribution in [3.63, 3.8) is 0 Å². The van der Waals surface area contributed by atoms with Crippen LogP contribution >= 0.6 is 46.4 Å². The van der Waals surface area contributed by atoms with Crippen LogP contribution < -0.4 is 4.57 Å². The Morgan fingerprint density at radius 1 is 0.762 bits per heavy atom. The van der Waals surface area contributed by atoms with Crippen molar-refractivity contribution < 1.29 is 4.57 Å². The number of benzene rings is 2. The summed E-state index contributed by atoms with van der Waals surface area (Å²) in [5.74, 6) is 0.709. The zero-order valence-corrected chi connectivity index (χ0v) is 13.6. The number of nitrogens with zero attached hydrogens (tertiary/aromatic N) is 1. The smallest absolute Gasteiger partial charge is 0.243 e. The Labute approximate surface area is 141 Å². The van der Waals surface area contributed by atoms with Gasteiger partial charge in [-0.05, 0) is 24.3 Å². The van der Waals surface area contributed by atoms with Gasteiger partial charge in [0, 0.05) is 0 Å². The second-order valence-corrected chi connectivity index (χ2v) is 5.97. The van der Waals surface area contributed by atoms with Gasteiger partial charge in [-0.25, -0.2) is 4.98 Å². The van der Waals surface area contributed by atoms with Gasteiger partial charge in [0.05, 0.1) is 20.1 Å². The molecule has 2 aromatic carbocycles. The normalized spacial score (nSPS) is 10.9. The van der Waals surface area contributed by atoms with Crippen LogP contribution in [0.1, 0.15) is 0 Å². The summed E-state index contributed by atoms with van der Waals surface area (Å²) in [4.78, 5) is 3.13. The molecule has 106 valence electrons. The Kier molecular flexibility index (Phi) is 4.14. The molecule has 2 nitrogen and oxygen atoms in total. The first-order chi connectivity index (χ1) is 10.1. The van der Waals surface area contributed by atoms with Crippen molar-refractivity contribution in [2.24, 2.45) is 0 Å². The van der Waals surface area contributed by atoms with E-state index in [0.717, 1.165) is 0 Å². The van der Waals surface area contributed by atoms with Crippen molar-refractivity contribution in [3.05, 3.63) is 68.9 Å². The Morgan fingerprint density at radius 2 is 1.29 bits per heavy atom. The number of aromatic nitrogens is 2. The minimum atomic E-state index is 0.538. The summed E-state index contributed by atoms with van der Waals surface area (Å²) >= 11 is 25.1. The van der Waals surface area contributed by atoms with Crippen LogP contribution in [0.25, 0.3) is 17.1 Å². The van der Waals surface area contributed by atoms with E-state index in [1.807, 2.05) is 10.8 Å². The van der Waals surface area contributed by atoms with Crippen molar-refractivity contribution in [1.29, 1.82) is 0 Å². The van der Waals surface area contributed by atoms with Crippen molar-refractivity contribution >= 4 is 46.4 Å². The molecule has 0 saturated carbocycles. The average molecular weight is 359 g/mol. The molecule has 0 saturated heterocycles. The molecule has 3 aromatic rings. The standard InChI is InChI=1S/C15H8Cl4N2/c16-9-3-1-4-10(17)13(9)15-20-7-8-21(15)14-11(18)5-2-6-12(14)19/h1-8H/p+1. The molecule has 0 spiro atoms. The molecule has 0 unspecified atom stereocenters. The fourth-order valence-corrected chi connectivity index (χ4v) is 3.31. The van der Waals surface area contributed by atoms with E-state index in [1.165, 1.54) is 0 Å². The van der Waals surface area contributed by atoms with E-state index in [4.69, 9.17) is 46.4 Å². The van der Waals surface area contributed by atoms with Gasteiger partial charge in [0.2, 0.25) is 0 Å². The summed E-state index contributed by atoms with van der Waals surface area (Å²) in [5, 5.41) is 2.16. The maximum atomic E-state index is 6.28. The summed E-state index contributed by atoms with van der Waals surface area (Å²) in [6.07, 6.45) is 3.59. The van der Waals surface area contributed by atoms with E-state index >= 15 is 0 Å². The first-order valence-corrected chi connectivity index (χ1v) is 7.58. The van der Waals surface area contributed by atoms with Crippen LogP contribution in [0.4, 0.5) is 0 Å². The number of para-hydroxylation sites is 1. The Morgan fingerprint density at radius 3 is 1.86 bits per heavy atom. The van der Waals surface area contributed by atoms with E-state index in [2.05, 4.69) is 4.98 Å². The molecule has 0 atom stereocenters. The lowest BCUT2D eigenvalue weighted by atomic mass is 10.2. The lowest BCUT2D eigenvalue weighted by Crippen LogP contribution is -2.31. The van der Waals surface area contributed by atoms with Crippen molar-refractivity contribution in [2.45, 2.75) is 0 Å². The second kappa shape index (κ2) is 5.90. The third kappa shape index (κ3) is 2.65. The van der Waals surface area contributed by atoms with Gasteiger partial charge in [0.25, 0.3) is 5.82 Å². The average Bonchev–Trinajstić information content (AvgIpc) is 2.87. The number of halogens is 4. The third-order valence-corrected chi connectivity index (χ3v) is 4.30. The minimum absolute atomic E-state index is 0.538. The molecule has 0 radical (unpaired) electrons. The summed E-state index contributed by atoms with van der Waals surface area (Å²) in [6, 6.07) is 10.7. The third-order valence-electron chi connectivity index (χ3n) is 3.06. The predicted octanol–water partition coefficient (Wildman–Crippen LogP) is 5.57. The summed E-state index contributed by atoms with van der Waals surface area (Å²) in [5.41, 5.74) is 1.37. The van der Waals surface area contributed by atoms with E-state index < -0.39 is 0 Å². The second-order valence-electron chi connectivity index (χ2n) is 4.35. The minimum Gasteiger partial charge on any atom is -0.243 e. The van der Waals surface area contributed by atoms with Gasteiger partial charge in [-0.15, -0.1) is 0 Å². The number of imidazole rings is 1. The van der Waals surface area contributed by atoms with Crippen LogP contribution in [0.5, 0.6) is 0 Å². The first kappa shape index (κ1) is 14.7. The zero-order valence-electron chi connectivity index (χ0n) is 10.6. The lowest BCUT2D eigenvalue weighted by Gasteiger charge is -2.07. The van der Waals surface area contributed by atoms with Crippen LogP contribution in [0.2, 0.25) is 20.1 Å². The largest absolute Gasteiger partial charge is 0.294 e. The molecular weight excluding hydrogens is 350 g/mol. The molecule has 3 rings (SSSR count). The van der Waals surface area contributed by atoms with Crippen LogP contribution in [0.15, 0.2) is 48.8 Å². The van der Waals surface area contributed by atoms with E-state index in [-0.39, 0.29) is 0 Å². The maximum Gasteiger partial charge on any atom is 0.294 e. The van der Waals surface area contributed by atoms with E-state index in [0.29, 0.717) is 37.2 Å². The van der Waals surface area contributed by atoms with Crippen molar-refractivity contribution in [1.82, 2.24) is 4.98 Å². The Hall–Kier alpha value is -1.19. The topological polar surface area (TPSA) is 19.7 Å². The number of hydrogen-bond donors (Lipinski definition) is 1.